The highest BCUT2D eigenvalue weighted by Crippen LogP contribution is 1.66. The average molecular weight is 84.1 g/mol. The van der Waals surface area contributed by atoms with Gasteiger partial charge in [0.15, 0.2) is 6.29 Å². The molecule has 0 amide bonds. The van der Waals surface area contributed by atoms with Gasteiger partial charge in [-0.05, 0) is 0 Å². The number of carbonyl (C=O) groups is 1. The molecule has 0 aliphatic carbocycles. The highest BCUT2D eigenvalue weighted by atomic mass is 16.1. The molecular weight excluding hydrogens is 78.0 g/mol. The van der Waals surface area contributed by atoms with Crippen molar-refractivity contribution in [3.63, 3.8) is 0 Å². The lowest BCUT2D eigenvalue weighted by Gasteiger charge is -1.86. The fourth-order valence-corrected chi connectivity index (χ4v) is 0.0417. The van der Waals surface area contributed by atoms with Crippen LogP contribution in [-0.4, -0.2) is 6.29 Å². The molecule has 0 saturated carbocycles. The van der Waals surface area contributed by atoms with E-state index in [2.05, 4.69) is 18.9 Å². The van der Waals surface area contributed by atoms with Crippen molar-refractivity contribution in [3.05, 3.63) is 19.3 Å². The van der Waals surface area contributed by atoms with Crippen LogP contribution in [0.2, 0.25) is 0 Å². The van der Waals surface area contributed by atoms with Crippen molar-refractivity contribution in [2.75, 3.05) is 0 Å². The summed E-state index contributed by atoms with van der Waals surface area (Å²) in [6, 6.07) is 0. The fourth-order valence-electron chi connectivity index (χ4n) is 0.0417. The molecule has 1 N–H and O–H groups in total. The van der Waals surface area contributed by atoms with Crippen LogP contribution in [0.5, 0.6) is 0 Å². The van der Waals surface area contributed by atoms with Crippen molar-refractivity contribution in [1.82, 2.24) is 5.32 Å². The normalized spacial score (nSPS) is 6.83. The van der Waals surface area contributed by atoms with E-state index < -0.39 is 0 Å². The first-order valence-electron chi connectivity index (χ1n) is 1.48. The van der Waals surface area contributed by atoms with Crippen LogP contribution in [0.3, 0.4) is 0 Å². The molecule has 0 saturated heterocycles. The summed E-state index contributed by atoms with van der Waals surface area (Å²) in [6.45, 7) is 3.25. The minimum atomic E-state index is 0.301. The molecule has 33 valence electrons. The van der Waals surface area contributed by atoms with Crippen molar-refractivity contribution in [2.24, 2.45) is 0 Å². The molecule has 2 nitrogen and oxygen atoms in total. The summed E-state index contributed by atoms with van der Waals surface area (Å²) in [5, 5.41) is 2.30. The van der Waals surface area contributed by atoms with E-state index in [4.69, 9.17) is 0 Å². The molecular formula is C4H6NO. The van der Waals surface area contributed by atoms with Gasteiger partial charge in [0.05, 0.1) is 5.70 Å². The Morgan fingerprint density at radius 3 is 2.33 bits per heavy atom. The molecule has 0 aromatic rings. The van der Waals surface area contributed by atoms with Gasteiger partial charge >= 0.3 is 0 Å². The van der Waals surface area contributed by atoms with E-state index >= 15 is 0 Å². The highest BCUT2D eigenvalue weighted by Gasteiger charge is 1.74. The molecule has 0 aromatic heterocycles. The molecule has 0 unspecified atom stereocenters. The lowest BCUT2D eigenvalue weighted by atomic mass is 10.6. The second kappa shape index (κ2) is 2.45. The van der Waals surface area contributed by atoms with E-state index in [0.29, 0.717) is 12.0 Å². The number of hydrogen-bond donors (Lipinski definition) is 1. The summed E-state index contributed by atoms with van der Waals surface area (Å²) < 4.78 is 0. The number of allylic oxidation sites excluding steroid dienone is 1. The zero-order valence-electron chi connectivity index (χ0n) is 3.40. The molecule has 0 spiro atoms. The van der Waals surface area contributed by atoms with Gasteiger partial charge in [0.1, 0.15) is 0 Å². The summed E-state index contributed by atoms with van der Waals surface area (Å²) in [7, 11) is 3.18. The van der Waals surface area contributed by atoms with Crippen LogP contribution in [0.15, 0.2) is 12.3 Å². The van der Waals surface area contributed by atoms with Crippen molar-refractivity contribution >= 4 is 6.29 Å². The van der Waals surface area contributed by atoms with Crippen LogP contribution < -0.4 is 5.32 Å². The van der Waals surface area contributed by atoms with E-state index in [1.54, 1.807) is 0 Å². The Labute approximate surface area is 36.9 Å². The van der Waals surface area contributed by atoms with Gasteiger partial charge < -0.3 is 5.32 Å². The monoisotopic (exact) mass is 84.0 g/mol. The smallest absolute Gasteiger partial charge is 0.165 e. The molecule has 0 aromatic carbocycles. The maximum atomic E-state index is 9.53. The zero-order valence-corrected chi connectivity index (χ0v) is 3.40. The van der Waals surface area contributed by atoms with Crippen LogP contribution in [0, 0.1) is 7.05 Å². The van der Waals surface area contributed by atoms with E-state index in [0.717, 1.165) is 0 Å². The lowest BCUT2D eigenvalue weighted by molar-refractivity contribution is -0.105. The molecule has 2 heteroatoms. The molecule has 1 radical (unpaired) electrons. The molecule has 0 fully saturated rings. The Morgan fingerprint density at radius 1 is 1.83 bits per heavy atom. The van der Waals surface area contributed by atoms with Gasteiger partial charge in [-0.1, -0.05) is 6.58 Å². The topological polar surface area (TPSA) is 29.1 Å². The van der Waals surface area contributed by atoms with Crippen molar-refractivity contribution in [1.29, 1.82) is 0 Å². The van der Waals surface area contributed by atoms with E-state index in [-0.39, 0.29) is 0 Å². The molecule has 0 rings (SSSR count). The first-order valence-corrected chi connectivity index (χ1v) is 1.48. The van der Waals surface area contributed by atoms with Gasteiger partial charge in [0.2, 0.25) is 0 Å². The minimum absolute atomic E-state index is 0.301. The number of aldehydes is 1. The Hall–Kier alpha value is -0.790. The van der Waals surface area contributed by atoms with Gasteiger partial charge in [-0.15, -0.1) is 0 Å². The molecule has 0 atom stereocenters. The van der Waals surface area contributed by atoms with Gasteiger partial charge in [-0.2, -0.15) is 0 Å². The maximum Gasteiger partial charge on any atom is 0.165 e. The van der Waals surface area contributed by atoms with E-state index in [9.17, 15) is 4.79 Å². The standard InChI is InChI=1S/C4H6NO/c1-4(3-6)5-2/h3,5H,1-2H2. The van der Waals surface area contributed by atoms with E-state index in [1.165, 1.54) is 0 Å². The Kier molecular flexibility index (Phi) is 2.13. The van der Waals surface area contributed by atoms with Crippen LogP contribution in [-0.2, 0) is 4.79 Å². The first-order chi connectivity index (χ1) is 2.81. The third-order valence-corrected chi connectivity index (χ3v) is 0.369. The van der Waals surface area contributed by atoms with E-state index in [1.807, 2.05) is 0 Å². The van der Waals surface area contributed by atoms with Crippen LogP contribution in [0.25, 0.3) is 0 Å². The summed E-state index contributed by atoms with van der Waals surface area (Å²) in [6.07, 6.45) is 0.604. The van der Waals surface area contributed by atoms with Gasteiger partial charge in [-0.3, -0.25) is 4.79 Å². The molecule has 0 heterocycles. The summed E-state index contributed by atoms with van der Waals surface area (Å²) in [5.74, 6) is 0. The number of rotatable bonds is 2. The number of nitrogens with one attached hydrogen (secondary N) is 1. The second-order valence-electron chi connectivity index (χ2n) is 0.820. The van der Waals surface area contributed by atoms with Gasteiger partial charge in [0, 0.05) is 7.05 Å². The molecule has 6 heavy (non-hydrogen) atoms. The van der Waals surface area contributed by atoms with Crippen molar-refractivity contribution in [3.8, 4) is 0 Å². The zero-order chi connectivity index (χ0) is 4.99. The first kappa shape index (κ1) is 5.21. The molecule has 0 aliphatic rings. The predicted molar refractivity (Wildman–Crippen MR) is 23.7 cm³/mol. The fraction of sp³-hybridized carbons (Fsp3) is 0. The number of hydrogen-bond acceptors (Lipinski definition) is 2. The van der Waals surface area contributed by atoms with Gasteiger partial charge in [-0.25, -0.2) is 0 Å². The largest absolute Gasteiger partial charge is 0.381 e. The summed E-state index contributed by atoms with van der Waals surface area (Å²) in [5.41, 5.74) is 0.301. The Bertz CT molecular complexity index is 67.9. The maximum absolute atomic E-state index is 9.53. The summed E-state index contributed by atoms with van der Waals surface area (Å²) >= 11 is 0. The lowest BCUT2D eigenvalue weighted by Crippen LogP contribution is -2.00. The molecule has 0 aliphatic heterocycles. The average Bonchev–Trinajstić information content (AvgIpc) is 1.65. The summed E-state index contributed by atoms with van der Waals surface area (Å²) in [4.78, 5) is 9.53. The third-order valence-electron chi connectivity index (χ3n) is 0.369. The van der Waals surface area contributed by atoms with Crippen LogP contribution in [0.1, 0.15) is 0 Å². The number of carbonyl (C=O) groups excluding carboxylic acids is 1. The van der Waals surface area contributed by atoms with Crippen molar-refractivity contribution in [2.45, 2.75) is 0 Å². The Balaban J connectivity index is 3.23. The quantitative estimate of drug-likeness (QED) is 0.379. The minimum Gasteiger partial charge on any atom is -0.381 e. The SMILES string of the molecule is [CH2]NC(=C)C=O. The molecule has 0 bridgehead atoms. The third kappa shape index (κ3) is 1.52. The van der Waals surface area contributed by atoms with Gasteiger partial charge in [0.25, 0.3) is 0 Å². The van der Waals surface area contributed by atoms with Crippen molar-refractivity contribution < 1.29 is 4.79 Å². The second-order valence-corrected chi connectivity index (χ2v) is 0.820. The highest BCUT2D eigenvalue weighted by molar-refractivity contribution is 5.70. The Morgan fingerprint density at radius 2 is 2.33 bits per heavy atom. The predicted octanol–water partition coefficient (Wildman–Crippen LogP) is 0.0802. The van der Waals surface area contributed by atoms with Crippen LogP contribution in [0.4, 0.5) is 0 Å². The van der Waals surface area contributed by atoms with Crippen LogP contribution >= 0.6 is 0 Å².